The van der Waals surface area contributed by atoms with Gasteiger partial charge in [0.15, 0.2) is 41.5 Å². The molecule has 10 atom stereocenters. The van der Waals surface area contributed by atoms with Crippen LogP contribution in [-0.2, 0) is 44.4 Å². The summed E-state index contributed by atoms with van der Waals surface area (Å²) in [5.74, 6) is -3.19. The zero-order chi connectivity index (χ0) is 35.1. The third kappa shape index (κ3) is 9.12. The van der Waals surface area contributed by atoms with Gasteiger partial charge in [0, 0.05) is 13.0 Å². The molecule has 2 heterocycles. The molecule has 0 aliphatic carbocycles. The number of carbonyl (C=O) groups excluding carboxylic acids is 2. The summed E-state index contributed by atoms with van der Waals surface area (Å²) in [6.07, 6.45) is -11.1. The van der Waals surface area contributed by atoms with Crippen LogP contribution >= 0.6 is 0 Å². The van der Waals surface area contributed by atoms with Crippen LogP contribution in [-0.4, -0.2) is 134 Å². The summed E-state index contributed by atoms with van der Waals surface area (Å²) in [5, 5.41) is 79.9. The summed E-state index contributed by atoms with van der Waals surface area (Å²) in [6.45, 7) is 1.32. The quantitative estimate of drug-likeness (QED) is 0.0806. The molecule has 2 aliphatic heterocycles. The number of benzene rings is 2. The summed E-state index contributed by atoms with van der Waals surface area (Å²) in [7, 11) is 0. The lowest BCUT2D eigenvalue weighted by Crippen LogP contribution is -2.63. The number of carbonyl (C=O) groups is 2. The number of phenols is 4. The lowest BCUT2D eigenvalue weighted by molar-refractivity contribution is -0.317. The number of esters is 2. The van der Waals surface area contributed by atoms with Crippen molar-refractivity contribution in [1.82, 2.24) is 0 Å². The Hall–Kier alpha value is -4.00. The zero-order valence-corrected chi connectivity index (χ0v) is 26.1. The smallest absolute Gasteiger partial charge is 0.331 e. The lowest BCUT2D eigenvalue weighted by Gasteiger charge is -2.45. The first-order valence-corrected chi connectivity index (χ1v) is 15.1. The highest BCUT2D eigenvalue weighted by Gasteiger charge is 2.52. The second-order valence-electron chi connectivity index (χ2n) is 11.4. The molecule has 2 aliphatic rings. The Balaban J connectivity index is 1.58. The van der Waals surface area contributed by atoms with Gasteiger partial charge in [0.2, 0.25) is 0 Å². The van der Waals surface area contributed by atoms with Crippen LogP contribution < -0.4 is 0 Å². The highest BCUT2D eigenvalue weighted by molar-refractivity contribution is 5.87. The van der Waals surface area contributed by atoms with E-state index in [1.807, 2.05) is 0 Å². The van der Waals surface area contributed by atoms with Crippen molar-refractivity contribution < 1.29 is 78.9 Å². The van der Waals surface area contributed by atoms with Gasteiger partial charge in [-0.25, -0.2) is 4.79 Å². The van der Waals surface area contributed by atoms with Crippen molar-refractivity contribution >= 4 is 18.0 Å². The van der Waals surface area contributed by atoms with Crippen molar-refractivity contribution in [1.29, 1.82) is 0 Å². The van der Waals surface area contributed by atoms with Gasteiger partial charge in [0.1, 0.15) is 36.6 Å². The maximum atomic E-state index is 13.0. The SMILES string of the molecule is CC(=O)OC1C(OCCc2ccc(O)c(O)c2)OC(CO)C(OC(=O)C=Cc2ccc(O)c(O)c2)C1OCC1OC(C)C(O)C(O)C1O. The van der Waals surface area contributed by atoms with Crippen LogP contribution in [0.2, 0.25) is 0 Å². The number of aliphatic hydroxyl groups excluding tert-OH is 4. The second kappa shape index (κ2) is 16.4. The molecule has 0 bridgehead atoms. The number of aliphatic hydroxyl groups is 4. The Morgan fingerprint density at radius 3 is 2.12 bits per heavy atom. The largest absolute Gasteiger partial charge is 0.504 e. The average Bonchev–Trinajstić information content (AvgIpc) is 3.04. The van der Waals surface area contributed by atoms with Crippen molar-refractivity contribution in [2.45, 2.75) is 81.5 Å². The van der Waals surface area contributed by atoms with Gasteiger partial charge in [-0.3, -0.25) is 4.79 Å². The Morgan fingerprint density at radius 2 is 1.48 bits per heavy atom. The molecule has 0 amide bonds. The summed E-state index contributed by atoms with van der Waals surface area (Å²) < 4.78 is 34.6. The Bertz CT molecular complexity index is 1430. The molecule has 16 nitrogen and oxygen atoms in total. The maximum Gasteiger partial charge on any atom is 0.331 e. The molecule has 4 rings (SSSR count). The molecule has 8 N–H and O–H groups in total. The Kier molecular flexibility index (Phi) is 12.6. The molecule has 0 aromatic heterocycles. The van der Waals surface area contributed by atoms with Crippen LogP contribution in [0.4, 0.5) is 0 Å². The predicted molar refractivity (Wildman–Crippen MR) is 162 cm³/mol. The third-order valence-electron chi connectivity index (χ3n) is 7.85. The van der Waals surface area contributed by atoms with E-state index in [0.717, 1.165) is 13.0 Å². The van der Waals surface area contributed by atoms with Crippen molar-refractivity contribution in [3.8, 4) is 23.0 Å². The van der Waals surface area contributed by atoms with Gasteiger partial charge >= 0.3 is 11.9 Å². The van der Waals surface area contributed by atoms with Crippen LogP contribution in [0.15, 0.2) is 42.5 Å². The molecule has 10 unspecified atom stereocenters. The minimum atomic E-state index is -1.59. The Morgan fingerprint density at radius 1 is 0.792 bits per heavy atom. The van der Waals surface area contributed by atoms with Gasteiger partial charge in [0.05, 0.1) is 25.9 Å². The van der Waals surface area contributed by atoms with E-state index in [2.05, 4.69) is 0 Å². The first-order valence-electron chi connectivity index (χ1n) is 15.1. The van der Waals surface area contributed by atoms with E-state index in [-0.39, 0.29) is 30.3 Å². The molecule has 2 saturated heterocycles. The topological polar surface area (TPSA) is 251 Å². The molecule has 48 heavy (non-hydrogen) atoms. The monoisotopic (exact) mass is 680 g/mol. The number of aromatic hydroxyl groups is 4. The number of phenolic OH excluding ortho intramolecular Hbond substituents is 4. The zero-order valence-electron chi connectivity index (χ0n) is 26.1. The van der Waals surface area contributed by atoms with Gasteiger partial charge in [0.25, 0.3) is 0 Å². The van der Waals surface area contributed by atoms with E-state index < -0.39 is 92.1 Å². The fraction of sp³-hybridized carbons (Fsp3) is 0.500. The van der Waals surface area contributed by atoms with Crippen molar-refractivity contribution in [2.24, 2.45) is 0 Å². The fourth-order valence-electron chi connectivity index (χ4n) is 5.29. The minimum Gasteiger partial charge on any atom is -0.504 e. The van der Waals surface area contributed by atoms with Crippen LogP contribution in [0.5, 0.6) is 23.0 Å². The molecular formula is C32H40O16. The maximum absolute atomic E-state index is 13.0. The van der Waals surface area contributed by atoms with E-state index in [1.54, 1.807) is 6.07 Å². The number of ether oxygens (including phenoxy) is 6. The van der Waals surface area contributed by atoms with Crippen molar-refractivity contribution in [3.63, 3.8) is 0 Å². The van der Waals surface area contributed by atoms with Gasteiger partial charge in [-0.2, -0.15) is 0 Å². The minimum absolute atomic E-state index is 0.0732. The van der Waals surface area contributed by atoms with Gasteiger partial charge in [-0.05, 0) is 54.8 Å². The fourth-order valence-corrected chi connectivity index (χ4v) is 5.29. The molecule has 0 saturated carbocycles. The van der Waals surface area contributed by atoms with E-state index >= 15 is 0 Å². The van der Waals surface area contributed by atoms with Crippen LogP contribution in [0.1, 0.15) is 25.0 Å². The summed E-state index contributed by atoms with van der Waals surface area (Å²) >= 11 is 0. The van der Waals surface area contributed by atoms with E-state index in [0.29, 0.717) is 11.1 Å². The number of rotatable bonds is 12. The summed E-state index contributed by atoms with van der Waals surface area (Å²) in [5.41, 5.74) is 0.913. The van der Waals surface area contributed by atoms with Crippen molar-refractivity contribution in [2.75, 3.05) is 19.8 Å². The molecule has 16 heteroatoms. The van der Waals surface area contributed by atoms with Crippen LogP contribution in [0.25, 0.3) is 6.08 Å². The standard InChI is InChI=1S/C32H40O16/c1-15-26(40)28(42)27(41)24(45-15)14-44-30-29(48-25(39)8-5-17-3-6-19(35)21(37)11-17)23(13-33)47-32(31(30)46-16(2)34)43-10-9-18-4-7-20(36)22(38)12-18/h3-8,11-12,15,23-24,26-33,35-38,40-42H,9-10,13-14H2,1-2H3. The first kappa shape index (κ1) is 36.8. The van der Waals surface area contributed by atoms with Crippen LogP contribution in [0, 0.1) is 0 Å². The molecule has 2 fully saturated rings. The Labute approximate surface area is 274 Å². The molecule has 2 aromatic carbocycles. The predicted octanol–water partition coefficient (Wildman–Crippen LogP) is -0.403. The molecule has 264 valence electrons. The van der Waals surface area contributed by atoms with E-state index in [4.69, 9.17) is 28.4 Å². The first-order chi connectivity index (χ1) is 22.8. The number of hydrogen-bond acceptors (Lipinski definition) is 16. The molecule has 2 aromatic rings. The number of hydrogen-bond donors (Lipinski definition) is 8. The average molecular weight is 681 g/mol. The summed E-state index contributed by atoms with van der Waals surface area (Å²) in [6, 6.07) is 8.02. The molecule has 0 spiro atoms. The van der Waals surface area contributed by atoms with E-state index in [9.17, 15) is 50.4 Å². The lowest BCUT2D eigenvalue weighted by atomic mass is 9.95. The third-order valence-corrected chi connectivity index (χ3v) is 7.85. The van der Waals surface area contributed by atoms with Gasteiger partial charge in [-0.15, -0.1) is 0 Å². The van der Waals surface area contributed by atoms with Gasteiger partial charge in [-0.1, -0.05) is 12.1 Å². The van der Waals surface area contributed by atoms with E-state index in [1.165, 1.54) is 43.3 Å². The highest BCUT2D eigenvalue weighted by atomic mass is 16.7. The van der Waals surface area contributed by atoms with Gasteiger partial charge < -0.3 is 69.3 Å². The molecular weight excluding hydrogens is 640 g/mol. The van der Waals surface area contributed by atoms with Crippen LogP contribution in [0.3, 0.4) is 0 Å². The normalized spacial score (nSPS) is 30.6. The molecule has 0 radical (unpaired) electrons. The highest BCUT2D eigenvalue weighted by Crippen LogP contribution is 2.32. The summed E-state index contributed by atoms with van der Waals surface area (Å²) in [4.78, 5) is 25.3. The second-order valence-corrected chi connectivity index (χ2v) is 11.4. The van der Waals surface area contributed by atoms with Crippen molar-refractivity contribution in [3.05, 3.63) is 53.6 Å².